The number of aliphatic hydroxyl groups is 1. The molecule has 2 atom stereocenters. The monoisotopic (exact) mass is 343 g/mol. The summed E-state index contributed by atoms with van der Waals surface area (Å²) in [4.78, 5) is 15.8. The van der Waals surface area contributed by atoms with Crippen LogP contribution in [0.4, 0.5) is 10.2 Å². The zero-order chi connectivity index (χ0) is 17.8. The Kier molecular flexibility index (Phi) is 5.23. The second kappa shape index (κ2) is 7.57. The van der Waals surface area contributed by atoms with Crippen molar-refractivity contribution >= 4 is 16.9 Å². The Bertz CT molecular complexity index is 850. The van der Waals surface area contributed by atoms with Gasteiger partial charge in [-0.3, -0.25) is 0 Å². The van der Waals surface area contributed by atoms with Crippen molar-refractivity contribution in [2.24, 2.45) is 0 Å². The van der Waals surface area contributed by atoms with Crippen molar-refractivity contribution in [3.05, 3.63) is 36.5 Å². The number of nitrogens with zero attached hydrogens (tertiary/aromatic N) is 3. The number of anilines is 1. The first-order chi connectivity index (χ1) is 12.1. The molecule has 25 heavy (non-hydrogen) atoms. The molecule has 0 aliphatic heterocycles. The molecule has 6 nitrogen and oxygen atoms in total. The summed E-state index contributed by atoms with van der Waals surface area (Å²) >= 11 is 0. The van der Waals surface area contributed by atoms with Gasteiger partial charge in [-0.1, -0.05) is 20.3 Å². The Hall–Kier alpha value is -2.54. The van der Waals surface area contributed by atoms with Gasteiger partial charge in [0.05, 0.1) is 18.3 Å². The van der Waals surface area contributed by atoms with Crippen LogP contribution in [0.15, 0.2) is 30.7 Å². The molecule has 7 heteroatoms. The van der Waals surface area contributed by atoms with E-state index in [1.807, 2.05) is 26.0 Å². The molecule has 0 fully saturated rings. The number of fused-ring (bicyclic) bond motifs is 1. The Morgan fingerprint density at radius 3 is 2.92 bits per heavy atom. The molecule has 0 radical (unpaired) electrons. The molecule has 3 aromatic rings. The maximum Gasteiger partial charge on any atom is 0.183 e. The molecule has 0 spiro atoms. The van der Waals surface area contributed by atoms with Crippen LogP contribution in [-0.2, 0) is 0 Å². The molecule has 0 saturated heterocycles. The fourth-order valence-electron chi connectivity index (χ4n) is 2.87. The molecule has 0 aliphatic rings. The summed E-state index contributed by atoms with van der Waals surface area (Å²) in [6.45, 7) is 3.92. The average molecular weight is 343 g/mol. The standard InChI is InChI=1S/C18H22FN5O/c1-3-6-14(15(25)4-2)23-18-13(19)10-22-17(24-18)12-9-21-16-11(12)7-5-8-20-16/h5,7-10,14-15,25H,3-4,6H2,1-2H3,(H,20,21)(H,22,23,24). The van der Waals surface area contributed by atoms with Crippen LogP contribution in [0.1, 0.15) is 33.1 Å². The number of nitrogens with one attached hydrogen (secondary N) is 2. The maximum atomic E-state index is 14.2. The second-order valence-corrected chi connectivity index (χ2v) is 6.01. The largest absolute Gasteiger partial charge is 0.391 e. The van der Waals surface area contributed by atoms with E-state index in [4.69, 9.17) is 0 Å². The first-order valence-electron chi connectivity index (χ1n) is 8.53. The molecule has 132 valence electrons. The SMILES string of the molecule is CCCC(Nc1nc(-c2c[nH]c3ncccc23)ncc1F)C(O)CC. The number of hydrogen-bond donors (Lipinski definition) is 3. The number of H-pyrrole nitrogens is 1. The zero-order valence-electron chi connectivity index (χ0n) is 14.3. The van der Waals surface area contributed by atoms with Crippen LogP contribution in [0.2, 0.25) is 0 Å². The van der Waals surface area contributed by atoms with Crippen molar-refractivity contribution in [2.75, 3.05) is 5.32 Å². The molecule has 0 saturated carbocycles. The highest BCUT2D eigenvalue weighted by Crippen LogP contribution is 2.26. The van der Waals surface area contributed by atoms with E-state index in [0.717, 1.165) is 35.6 Å². The first kappa shape index (κ1) is 17.3. The lowest BCUT2D eigenvalue weighted by molar-refractivity contribution is 0.143. The van der Waals surface area contributed by atoms with E-state index < -0.39 is 11.9 Å². The van der Waals surface area contributed by atoms with E-state index in [1.54, 1.807) is 12.4 Å². The quantitative estimate of drug-likeness (QED) is 0.611. The van der Waals surface area contributed by atoms with E-state index in [9.17, 15) is 9.50 Å². The molecule has 2 unspecified atom stereocenters. The fraction of sp³-hybridized carbons (Fsp3) is 0.389. The highest BCUT2D eigenvalue weighted by atomic mass is 19.1. The van der Waals surface area contributed by atoms with Gasteiger partial charge >= 0.3 is 0 Å². The Morgan fingerprint density at radius 2 is 2.16 bits per heavy atom. The van der Waals surface area contributed by atoms with Gasteiger partial charge in [-0.05, 0) is 25.0 Å². The van der Waals surface area contributed by atoms with E-state index in [0.29, 0.717) is 12.2 Å². The summed E-state index contributed by atoms with van der Waals surface area (Å²) < 4.78 is 14.2. The first-order valence-corrected chi connectivity index (χ1v) is 8.53. The van der Waals surface area contributed by atoms with Gasteiger partial charge in [0.2, 0.25) is 0 Å². The third kappa shape index (κ3) is 3.61. The van der Waals surface area contributed by atoms with Gasteiger partial charge in [0.1, 0.15) is 5.65 Å². The van der Waals surface area contributed by atoms with Crippen molar-refractivity contribution in [1.29, 1.82) is 0 Å². The van der Waals surface area contributed by atoms with Crippen LogP contribution in [0.25, 0.3) is 22.4 Å². The number of rotatable bonds is 7. The highest BCUT2D eigenvalue weighted by molar-refractivity contribution is 5.91. The number of hydrogen-bond acceptors (Lipinski definition) is 5. The van der Waals surface area contributed by atoms with Crippen molar-refractivity contribution < 1.29 is 9.50 Å². The predicted octanol–water partition coefficient (Wildman–Crippen LogP) is 3.51. The van der Waals surface area contributed by atoms with Gasteiger partial charge < -0.3 is 15.4 Å². The van der Waals surface area contributed by atoms with Crippen LogP contribution in [0.5, 0.6) is 0 Å². The van der Waals surface area contributed by atoms with Crippen LogP contribution < -0.4 is 5.32 Å². The van der Waals surface area contributed by atoms with E-state index >= 15 is 0 Å². The van der Waals surface area contributed by atoms with Gasteiger partial charge in [-0.25, -0.2) is 19.3 Å². The minimum atomic E-state index is -0.560. The molecular formula is C18H22FN5O. The molecule has 0 bridgehead atoms. The number of halogens is 1. The number of aromatic amines is 1. The molecular weight excluding hydrogens is 321 g/mol. The van der Waals surface area contributed by atoms with Crippen molar-refractivity contribution in [3.8, 4) is 11.4 Å². The molecule has 3 N–H and O–H groups in total. The van der Waals surface area contributed by atoms with Crippen LogP contribution in [-0.4, -0.2) is 37.2 Å². The van der Waals surface area contributed by atoms with E-state index in [-0.39, 0.29) is 11.9 Å². The number of pyridine rings is 1. The lowest BCUT2D eigenvalue weighted by Gasteiger charge is -2.23. The van der Waals surface area contributed by atoms with Gasteiger partial charge in [0.15, 0.2) is 17.5 Å². The van der Waals surface area contributed by atoms with E-state index in [2.05, 4.69) is 25.3 Å². The number of aromatic nitrogens is 4. The highest BCUT2D eigenvalue weighted by Gasteiger charge is 2.20. The van der Waals surface area contributed by atoms with Crippen LogP contribution >= 0.6 is 0 Å². The summed E-state index contributed by atoms with van der Waals surface area (Å²) in [5.41, 5.74) is 1.49. The molecule has 0 aromatic carbocycles. The Balaban J connectivity index is 1.95. The fourth-order valence-corrected chi connectivity index (χ4v) is 2.87. The van der Waals surface area contributed by atoms with Crippen molar-refractivity contribution in [1.82, 2.24) is 19.9 Å². The van der Waals surface area contributed by atoms with E-state index in [1.165, 1.54) is 0 Å². The van der Waals surface area contributed by atoms with Gasteiger partial charge in [0.25, 0.3) is 0 Å². The third-order valence-electron chi connectivity index (χ3n) is 4.24. The minimum Gasteiger partial charge on any atom is -0.391 e. The summed E-state index contributed by atoms with van der Waals surface area (Å²) in [7, 11) is 0. The second-order valence-electron chi connectivity index (χ2n) is 6.01. The maximum absolute atomic E-state index is 14.2. The summed E-state index contributed by atoms with van der Waals surface area (Å²) in [5.74, 6) is -0.0234. The third-order valence-corrected chi connectivity index (χ3v) is 4.24. The Morgan fingerprint density at radius 1 is 1.32 bits per heavy atom. The molecule has 3 heterocycles. The lowest BCUT2D eigenvalue weighted by Crippen LogP contribution is -2.33. The topological polar surface area (TPSA) is 86.7 Å². The Labute approximate surface area is 145 Å². The van der Waals surface area contributed by atoms with Gasteiger partial charge in [-0.2, -0.15) is 0 Å². The number of aliphatic hydroxyl groups excluding tert-OH is 1. The summed E-state index contributed by atoms with van der Waals surface area (Å²) in [5, 5.41) is 14.1. The predicted molar refractivity (Wildman–Crippen MR) is 95.7 cm³/mol. The summed E-state index contributed by atoms with van der Waals surface area (Å²) in [6, 6.07) is 3.49. The normalized spacial score (nSPS) is 13.8. The average Bonchev–Trinajstić information content (AvgIpc) is 3.06. The summed E-state index contributed by atoms with van der Waals surface area (Å²) in [6.07, 6.45) is 6.25. The zero-order valence-corrected chi connectivity index (χ0v) is 14.3. The van der Waals surface area contributed by atoms with Crippen LogP contribution in [0, 0.1) is 5.82 Å². The van der Waals surface area contributed by atoms with Crippen molar-refractivity contribution in [2.45, 2.75) is 45.3 Å². The van der Waals surface area contributed by atoms with Crippen molar-refractivity contribution in [3.63, 3.8) is 0 Å². The van der Waals surface area contributed by atoms with Crippen LogP contribution in [0.3, 0.4) is 0 Å². The smallest absolute Gasteiger partial charge is 0.183 e. The lowest BCUT2D eigenvalue weighted by atomic mass is 10.0. The van der Waals surface area contributed by atoms with Gasteiger partial charge in [0, 0.05) is 23.3 Å². The molecule has 0 amide bonds. The molecule has 0 aliphatic carbocycles. The van der Waals surface area contributed by atoms with Gasteiger partial charge in [-0.15, -0.1) is 0 Å². The molecule has 3 rings (SSSR count). The molecule has 3 aromatic heterocycles. The minimum absolute atomic E-state index is 0.106.